The molecule has 0 saturated carbocycles. The maximum atomic E-state index is 12.1. The number of hydrogen-bond acceptors (Lipinski definition) is 3. The zero-order valence-electron chi connectivity index (χ0n) is 12.9. The highest BCUT2D eigenvalue weighted by Gasteiger charge is 2.30. The molecule has 0 fully saturated rings. The summed E-state index contributed by atoms with van der Waals surface area (Å²) in [6.45, 7) is 3.96. The Morgan fingerprint density at radius 3 is 2.29 bits per heavy atom. The van der Waals surface area contributed by atoms with Crippen LogP contribution in [0.4, 0.5) is 0 Å². The summed E-state index contributed by atoms with van der Waals surface area (Å²) in [4.78, 5) is 12.5. The number of ether oxygens (including phenoxy) is 1. The third-order valence-electron chi connectivity index (χ3n) is 3.86. The van der Waals surface area contributed by atoms with Crippen molar-refractivity contribution in [1.82, 2.24) is 5.32 Å². The first-order valence-electron chi connectivity index (χ1n) is 7.21. The molecule has 0 spiro atoms. The molecule has 3 N–H and O–H groups in total. The molecule has 0 atom stereocenters. The van der Waals surface area contributed by atoms with Crippen molar-refractivity contribution in [2.75, 3.05) is 7.11 Å². The Bertz CT molecular complexity index is 482. The van der Waals surface area contributed by atoms with E-state index in [2.05, 4.69) is 5.32 Å². The molecule has 0 heterocycles. The SMILES string of the molecule is CCC(CC)(NC(=O)CCc1ccc(OC)cc1)C(N)=S. The van der Waals surface area contributed by atoms with Crippen molar-refractivity contribution in [2.24, 2.45) is 5.73 Å². The number of thiocarbonyl (C=S) groups is 1. The highest BCUT2D eigenvalue weighted by atomic mass is 32.1. The van der Waals surface area contributed by atoms with E-state index >= 15 is 0 Å². The van der Waals surface area contributed by atoms with Crippen molar-refractivity contribution >= 4 is 23.1 Å². The fourth-order valence-corrected chi connectivity index (χ4v) is 2.56. The van der Waals surface area contributed by atoms with Crippen LogP contribution in [0, 0.1) is 0 Å². The minimum atomic E-state index is -0.563. The molecular weight excluding hydrogens is 284 g/mol. The monoisotopic (exact) mass is 308 g/mol. The van der Waals surface area contributed by atoms with Crippen molar-refractivity contribution in [3.05, 3.63) is 29.8 Å². The van der Waals surface area contributed by atoms with Gasteiger partial charge < -0.3 is 15.8 Å². The average molecular weight is 308 g/mol. The van der Waals surface area contributed by atoms with Crippen LogP contribution in [0.1, 0.15) is 38.7 Å². The van der Waals surface area contributed by atoms with Gasteiger partial charge in [-0.15, -0.1) is 0 Å². The molecule has 4 nitrogen and oxygen atoms in total. The summed E-state index contributed by atoms with van der Waals surface area (Å²) < 4.78 is 5.11. The Morgan fingerprint density at radius 2 is 1.86 bits per heavy atom. The predicted octanol–water partition coefficient (Wildman–Crippen LogP) is 2.59. The van der Waals surface area contributed by atoms with Gasteiger partial charge in [-0.05, 0) is 37.0 Å². The summed E-state index contributed by atoms with van der Waals surface area (Å²) in [5.74, 6) is 0.787. The van der Waals surface area contributed by atoms with Crippen LogP contribution in [0.15, 0.2) is 24.3 Å². The molecule has 5 heteroatoms. The molecule has 0 aliphatic rings. The molecule has 1 rings (SSSR count). The molecule has 0 saturated heterocycles. The predicted molar refractivity (Wildman–Crippen MR) is 89.6 cm³/mol. The summed E-state index contributed by atoms with van der Waals surface area (Å²) in [5.41, 5.74) is 6.32. The molecule has 0 radical (unpaired) electrons. The Hall–Kier alpha value is -1.62. The van der Waals surface area contributed by atoms with Gasteiger partial charge in [0.1, 0.15) is 5.75 Å². The smallest absolute Gasteiger partial charge is 0.221 e. The van der Waals surface area contributed by atoms with Gasteiger partial charge in [0, 0.05) is 6.42 Å². The summed E-state index contributed by atoms with van der Waals surface area (Å²) in [7, 11) is 1.63. The van der Waals surface area contributed by atoms with Crippen LogP contribution in [0.5, 0.6) is 5.75 Å². The fourth-order valence-electron chi connectivity index (χ4n) is 2.22. The van der Waals surface area contributed by atoms with Crippen molar-refractivity contribution < 1.29 is 9.53 Å². The van der Waals surface area contributed by atoms with Crippen LogP contribution in [0.3, 0.4) is 0 Å². The lowest BCUT2D eigenvalue weighted by molar-refractivity contribution is -0.122. The van der Waals surface area contributed by atoms with Gasteiger partial charge in [-0.1, -0.05) is 38.2 Å². The lowest BCUT2D eigenvalue weighted by Gasteiger charge is -2.31. The summed E-state index contributed by atoms with van der Waals surface area (Å²) >= 11 is 5.10. The van der Waals surface area contributed by atoms with Gasteiger partial charge in [0.25, 0.3) is 0 Å². The van der Waals surface area contributed by atoms with E-state index in [4.69, 9.17) is 22.7 Å². The van der Waals surface area contributed by atoms with Crippen LogP contribution in [-0.4, -0.2) is 23.5 Å². The van der Waals surface area contributed by atoms with Crippen LogP contribution in [-0.2, 0) is 11.2 Å². The number of benzene rings is 1. The van der Waals surface area contributed by atoms with Gasteiger partial charge in [-0.25, -0.2) is 0 Å². The van der Waals surface area contributed by atoms with E-state index in [1.807, 2.05) is 38.1 Å². The van der Waals surface area contributed by atoms with Crippen LogP contribution < -0.4 is 15.8 Å². The number of nitrogens with one attached hydrogen (secondary N) is 1. The number of aryl methyl sites for hydroxylation is 1. The van der Waals surface area contributed by atoms with E-state index < -0.39 is 5.54 Å². The molecule has 0 aromatic heterocycles. The van der Waals surface area contributed by atoms with Gasteiger partial charge in [0.2, 0.25) is 5.91 Å². The summed E-state index contributed by atoms with van der Waals surface area (Å²) in [5, 5.41) is 2.99. The largest absolute Gasteiger partial charge is 0.497 e. The Kier molecular flexibility index (Phi) is 6.62. The molecular formula is C16H24N2O2S. The van der Waals surface area contributed by atoms with Crippen LogP contribution in [0.2, 0.25) is 0 Å². The molecule has 0 unspecified atom stereocenters. The normalized spacial score (nSPS) is 11.0. The Balaban J connectivity index is 2.58. The van der Waals surface area contributed by atoms with Crippen LogP contribution in [0.25, 0.3) is 0 Å². The molecule has 21 heavy (non-hydrogen) atoms. The second kappa shape index (κ2) is 7.98. The first-order valence-corrected chi connectivity index (χ1v) is 7.62. The zero-order chi connectivity index (χ0) is 15.9. The molecule has 0 bridgehead atoms. The Morgan fingerprint density at radius 1 is 1.29 bits per heavy atom. The number of rotatable bonds is 8. The van der Waals surface area contributed by atoms with Gasteiger partial charge in [-0.3, -0.25) is 4.79 Å². The van der Waals surface area contributed by atoms with Gasteiger partial charge in [0.15, 0.2) is 0 Å². The second-order valence-electron chi connectivity index (χ2n) is 5.05. The molecule has 1 amide bonds. The average Bonchev–Trinajstić information content (AvgIpc) is 2.50. The standard InChI is InChI=1S/C16H24N2O2S/c1-4-16(5-2,15(17)21)18-14(19)11-8-12-6-9-13(20-3)10-7-12/h6-7,9-10H,4-5,8,11H2,1-3H3,(H2,17,21)(H,18,19). The number of hydrogen-bond donors (Lipinski definition) is 2. The molecule has 1 aromatic carbocycles. The third-order valence-corrected chi connectivity index (χ3v) is 4.25. The highest BCUT2D eigenvalue weighted by molar-refractivity contribution is 7.80. The fraction of sp³-hybridized carbons (Fsp3) is 0.500. The number of methoxy groups -OCH3 is 1. The van der Waals surface area contributed by atoms with Crippen LogP contribution >= 0.6 is 12.2 Å². The van der Waals surface area contributed by atoms with Gasteiger partial charge >= 0.3 is 0 Å². The summed E-state index contributed by atoms with van der Waals surface area (Å²) in [6.07, 6.45) is 2.49. The number of carbonyl (C=O) groups excluding carboxylic acids is 1. The van der Waals surface area contributed by atoms with Gasteiger partial charge in [0.05, 0.1) is 17.6 Å². The Labute approximate surface area is 132 Å². The van der Waals surface area contributed by atoms with Gasteiger partial charge in [-0.2, -0.15) is 0 Å². The van der Waals surface area contributed by atoms with E-state index in [9.17, 15) is 4.79 Å². The van der Waals surface area contributed by atoms with Crippen molar-refractivity contribution in [3.63, 3.8) is 0 Å². The van der Waals surface area contributed by atoms with E-state index in [0.717, 1.165) is 11.3 Å². The summed E-state index contributed by atoms with van der Waals surface area (Å²) in [6, 6.07) is 7.72. The van der Waals surface area contributed by atoms with E-state index in [1.165, 1.54) is 0 Å². The quantitative estimate of drug-likeness (QED) is 0.725. The van der Waals surface area contributed by atoms with Crippen molar-refractivity contribution in [1.29, 1.82) is 0 Å². The lowest BCUT2D eigenvalue weighted by Crippen LogP contribution is -2.56. The topological polar surface area (TPSA) is 64.3 Å². The molecule has 1 aromatic rings. The van der Waals surface area contributed by atoms with Crippen molar-refractivity contribution in [2.45, 2.75) is 45.1 Å². The second-order valence-corrected chi connectivity index (χ2v) is 5.49. The highest BCUT2D eigenvalue weighted by Crippen LogP contribution is 2.17. The first kappa shape index (κ1) is 17.4. The maximum absolute atomic E-state index is 12.1. The van der Waals surface area contributed by atoms with Crippen molar-refractivity contribution in [3.8, 4) is 5.75 Å². The number of carbonyl (C=O) groups is 1. The molecule has 0 aliphatic carbocycles. The molecule has 0 aliphatic heterocycles. The van der Waals surface area contributed by atoms with E-state index in [0.29, 0.717) is 30.7 Å². The first-order chi connectivity index (χ1) is 9.97. The zero-order valence-corrected chi connectivity index (χ0v) is 13.8. The number of nitrogens with two attached hydrogens (primary N) is 1. The third kappa shape index (κ3) is 4.70. The maximum Gasteiger partial charge on any atom is 0.221 e. The number of amides is 1. The minimum absolute atomic E-state index is 0.0256. The molecule has 116 valence electrons. The van der Waals surface area contributed by atoms with E-state index in [-0.39, 0.29) is 5.91 Å². The van der Waals surface area contributed by atoms with E-state index in [1.54, 1.807) is 7.11 Å². The lowest BCUT2D eigenvalue weighted by atomic mass is 9.92. The minimum Gasteiger partial charge on any atom is -0.497 e.